The Morgan fingerprint density at radius 1 is 0.781 bits per heavy atom. The van der Waals surface area contributed by atoms with Crippen molar-refractivity contribution in [1.29, 1.82) is 5.26 Å². The molecule has 0 amide bonds. The molecule has 0 spiro atoms. The quantitative estimate of drug-likeness (QED) is 0.440. The predicted molar refractivity (Wildman–Crippen MR) is 117 cm³/mol. The van der Waals surface area contributed by atoms with Crippen molar-refractivity contribution in [2.75, 3.05) is 14.2 Å². The summed E-state index contributed by atoms with van der Waals surface area (Å²) >= 11 is 0. The van der Waals surface area contributed by atoms with E-state index < -0.39 is 0 Å². The van der Waals surface area contributed by atoms with Crippen LogP contribution in [-0.2, 0) is 13.2 Å². The summed E-state index contributed by atoms with van der Waals surface area (Å²) < 4.78 is 22.0. The minimum absolute atomic E-state index is 0.155. The number of methoxy groups -OCH3 is 2. The van der Waals surface area contributed by atoms with Crippen LogP contribution in [0.4, 0.5) is 0 Å². The molecule has 3 aromatic carbocycles. The fourth-order valence-corrected chi connectivity index (χ4v) is 3.12. The summed E-state index contributed by atoms with van der Waals surface area (Å²) in [6.45, 7) is 0.310. The van der Waals surface area contributed by atoms with Crippen molar-refractivity contribution in [1.82, 2.24) is 0 Å². The first-order chi connectivity index (χ1) is 15.6. The summed E-state index contributed by atoms with van der Waals surface area (Å²) in [6, 6.07) is 17.5. The molecule has 32 heavy (non-hydrogen) atoms. The van der Waals surface area contributed by atoms with Crippen LogP contribution in [0.1, 0.15) is 37.4 Å². The van der Waals surface area contributed by atoms with Gasteiger partial charge in [-0.3, -0.25) is 9.59 Å². The van der Waals surface area contributed by atoms with Crippen LogP contribution in [0.5, 0.6) is 23.0 Å². The van der Waals surface area contributed by atoms with Crippen LogP contribution < -0.4 is 18.9 Å². The fourth-order valence-electron chi connectivity index (χ4n) is 3.12. The molecule has 7 nitrogen and oxygen atoms in total. The van der Waals surface area contributed by atoms with Gasteiger partial charge in [0.25, 0.3) is 0 Å². The van der Waals surface area contributed by atoms with Gasteiger partial charge in [0.2, 0.25) is 0 Å². The largest absolute Gasteiger partial charge is 0.496 e. The van der Waals surface area contributed by atoms with Crippen molar-refractivity contribution in [3.63, 3.8) is 0 Å². The van der Waals surface area contributed by atoms with Crippen LogP contribution in [0.2, 0.25) is 0 Å². The third-order valence-corrected chi connectivity index (χ3v) is 4.80. The maximum atomic E-state index is 11.0. The summed E-state index contributed by atoms with van der Waals surface area (Å²) in [5, 5.41) is 9.72. The molecule has 0 bridgehead atoms. The molecule has 0 aliphatic carbocycles. The Balaban J connectivity index is 1.74. The molecule has 162 valence electrons. The summed E-state index contributed by atoms with van der Waals surface area (Å²) in [6.07, 6.45) is 1.42. The lowest BCUT2D eigenvalue weighted by molar-refractivity contribution is 0.111. The molecule has 0 N–H and O–H groups in total. The third-order valence-electron chi connectivity index (χ3n) is 4.80. The maximum absolute atomic E-state index is 11.0. The smallest absolute Gasteiger partial charge is 0.153 e. The second-order valence-electron chi connectivity index (χ2n) is 6.68. The number of aldehydes is 2. The van der Waals surface area contributed by atoms with E-state index in [2.05, 4.69) is 6.07 Å². The van der Waals surface area contributed by atoms with Gasteiger partial charge < -0.3 is 18.9 Å². The SMILES string of the molecule is COc1cc(OCc2cccc(COc3ccc(C=O)c(OC)c3)c2C#N)ccc1C=O. The lowest BCUT2D eigenvalue weighted by Gasteiger charge is -2.13. The highest BCUT2D eigenvalue weighted by Crippen LogP contribution is 2.26. The molecule has 0 heterocycles. The Hall–Kier alpha value is -4.31. The Labute approximate surface area is 185 Å². The molecule has 0 aliphatic heterocycles. The molecule has 0 aromatic heterocycles. The van der Waals surface area contributed by atoms with Gasteiger partial charge in [-0.25, -0.2) is 0 Å². The lowest BCUT2D eigenvalue weighted by Crippen LogP contribution is -2.05. The molecule has 0 saturated heterocycles. The molecule has 0 fully saturated rings. The molecule has 0 saturated carbocycles. The Morgan fingerprint density at radius 3 is 1.62 bits per heavy atom. The molecule has 3 rings (SSSR count). The minimum atomic E-state index is 0.155. The number of ether oxygens (including phenoxy) is 4. The predicted octanol–water partition coefficient (Wildman–Crippen LogP) is 4.36. The van der Waals surface area contributed by atoms with Crippen LogP contribution in [0, 0.1) is 11.3 Å². The molecule has 0 unspecified atom stereocenters. The molecule has 0 atom stereocenters. The normalized spacial score (nSPS) is 10.0. The van der Waals surface area contributed by atoms with Crippen molar-refractivity contribution in [3.8, 4) is 29.1 Å². The number of benzene rings is 3. The molecule has 3 aromatic rings. The van der Waals surface area contributed by atoms with Crippen LogP contribution in [0.15, 0.2) is 54.6 Å². The van der Waals surface area contributed by atoms with Gasteiger partial charge in [0.05, 0.1) is 37.0 Å². The number of rotatable bonds is 10. The van der Waals surface area contributed by atoms with E-state index in [0.29, 0.717) is 63.4 Å². The number of nitrogens with zero attached hydrogens (tertiary/aromatic N) is 1. The molecule has 0 radical (unpaired) electrons. The average molecular weight is 431 g/mol. The standard InChI is InChI=1S/C25H21NO6/c1-29-24-10-21(8-6-17(24)13-27)31-15-19-4-3-5-20(23(19)12-26)16-32-22-9-7-18(14-28)25(11-22)30-2/h3-11,13-14H,15-16H2,1-2H3. The Kier molecular flexibility index (Phi) is 7.44. The van der Waals surface area contributed by atoms with Gasteiger partial charge in [0, 0.05) is 23.3 Å². The van der Waals surface area contributed by atoms with Gasteiger partial charge >= 0.3 is 0 Å². The molecular formula is C25H21NO6. The number of hydrogen-bond acceptors (Lipinski definition) is 7. The molecule has 7 heteroatoms. The Bertz CT molecular complexity index is 1080. The molecular weight excluding hydrogens is 410 g/mol. The van der Waals surface area contributed by atoms with Crippen LogP contribution in [0.3, 0.4) is 0 Å². The first-order valence-corrected chi connectivity index (χ1v) is 9.66. The van der Waals surface area contributed by atoms with Crippen molar-refractivity contribution in [2.45, 2.75) is 13.2 Å². The van der Waals surface area contributed by atoms with Crippen molar-refractivity contribution in [2.24, 2.45) is 0 Å². The van der Waals surface area contributed by atoms with Gasteiger partial charge in [-0.2, -0.15) is 5.26 Å². The van der Waals surface area contributed by atoms with E-state index in [1.165, 1.54) is 14.2 Å². The number of nitriles is 1. The minimum Gasteiger partial charge on any atom is -0.496 e. The number of carbonyl (C=O) groups is 2. The number of hydrogen-bond donors (Lipinski definition) is 0. The van der Waals surface area contributed by atoms with E-state index in [9.17, 15) is 14.9 Å². The number of carbonyl (C=O) groups excluding carboxylic acids is 2. The van der Waals surface area contributed by atoms with Crippen LogP contribution >= 0.6 is 0 Å². The average Bonchev–Trinajstić information content (AvgIpc) is 2.85. The highest BCUT2D eigenvalue weighted by molar-refractivity contribution is 5.80. The van der Waals surface area contributed by atoms with Gasteiger partial charge in [0.15, 0.2) is 12.6 Å². The summed E-state index contributed by atoms with van der Waals surface area (Å²) in [4.78, 5) is 22.1. The Morgan fingerprint density at radius 2 is 1.25 bits per heavy atom. The van der Waals surface area contributed by atoms with E-state index in [4.69, 9.17) is 18.9 Å². The van der Waals surface area contributed by atoms with Crippen LogP contribution in [0.25, 0.3) is 0 Å². The van der Waals surface area contributed by atoms with Gasteiger partial charge in [0.1, 0.15) is 36.2 Å². The monoisotopic (exact) mass is 431 g/mol. The van der Waals surface area contributed by atoms with E-state index in [-0.39, 0.29) is 13.2 Å². The summed E-state index contributed by atoms with van der Waals surface area (Å²) in [5.41, 5.74) is 2.70. The lowest BCUT2D eigenvalue weighted by atomic mass is 10.0. The second-order valence-corrected chi connectivity index (χ2v) is 6.68. The van der Waals surface area contributed by atoms with Crippen molar-refractivity contribution in [3.05, 3.63) is 82.4 Å². The highest BCUT2D eigenvalue weighted by atomic mass is 16.5. The second kappa shape index (κ2) is 10.6. The van der Waals surface area contributed by atoms with Gasteiger partial charge in [-0.15, -0.1) is 0 Å². The first-order valence-electron chi connectivity index (χ1n) is 9.66. The van der Waals surface area contributed by atoms with Crippen LogP contribution in [-0.4, -0.2) is 26.8 Å². The van der Waals surface area contributed by atoms with Gasteiger partial charge in [-0.1, -0.05) is 18.2 Å². The van der Waals surface area contributed by atoms with E-state index in [0.717, 1.165) is 0 Å². The van der Waals surface area contributed by atoms with E-state index in [1.54, 1.807) is 48.5 Å². The zero-order valence-electron chi connectivity index (χ0n) is 17.7. The zero-order chi connectivity index (χ0) is 22.9. The highest BCUT2D eigenvalue weighted by Gasteiger charge is 2.12. The zero-order valence-corrected chi connectivity index (χ0v) is 17.7. The fraction of sp³-hybridized carbons (Fsp3) is 0.160. The summed E-state index contributed by atoms with van der Waals surface area (Å²) in [5.74, 6) is 1.85. The topological polar surface area (TPSA) is 94.8 Å². The maximum Gasteiger partial charge on any atom is 0.153 e. The van der Waals surface area contributed by atoms with Gasteiger partial charge in [-0.05, 0) is 24.3 Å². The summed E-state index contributed by atoms with van der Waals surface area (Å²) in [7, 11) is 2.96. The van der Waals surface area contributed by atoms with E-state index in [1.807, 2.05) is 6.07 Å². The van der Waals surface area contributed by atoms with Crippen molar-refractivity contribution >= 4 is 12.6 Å². The first kappa shape index (κ1) is 22.4. The molecule has 0 aliphatic rings. The third kappa shape index (κ3) is 5.05. The van der Waals surface area contributed by atoms with E-state index >= 15 is 0 Å². The van der Waals surface area contributed by atoms with Crippen molar-refractivity contribution < 1.29 is 28.5 Å².